The minimum absolute atomic E-state index is 0.0120. The average molecular weight is 351 g/mol. The standard InChI is InChI=1S/C20H24ClFO2/c1-6-24-19(23)8-7-18(22)12-16(9-13(2)3)20-14(4)10-17(21)11-15(20)5/h9-12H,2,6-8H2,1,3-5H3/b16-9+,18-12-. The third-order valence-electron chi connectivity index (χ3n) is 3.37. The van der Waals surface area contributed by atoms with Crippen LogP contribution >= 0.6 is 11.6 Å². The molecule has 1 rings (SSSR count). The van der Waals surface area contributed by atoms with E-state index in [-0.39, 0.29) is 18.7 Å². The molecule has 0 aliphatic rings. The van der Waals surface area contributed by atoms with E-state index >= 15 is 0 Å². The quantitative estimate of drug-likeness (QED) is 0.438. The summed E-state index contributed by atoms with van der Waals surface area (Å²) in [6, 6.07) is 3.70. The first-order valence-electron chi connectivity index (χ1n) is 7.90. The van der Waals surface area contributed by atoms with Gasteiger partial charge in [0.15, 0.2) is 0 Å². The molecule has 0 heterocycles. The van der Waals surface area contributed by atoms with Crippen LogP contribution in [0.5, 0.6) is 0 Å². The van der Waals surface area contributed by atoms with Crippen LogP contribution in [0.4, 0.5) is 4.39 Å². The molecular formula is C20H24ClFO2. The van der Waals surface area contributed by atoms with E-state index in [1.54, 1.807) is 6.92 Å². The van der Waals surface area contributed by atoms with Crippen LogP contribution in [0.1, 0.15) is 43.4 Å². The topological polar surface area (TPSA) is 26.3 Å². The number of ether oxygens (including phenoxy) is 1. The van der Waals surface area contributed by atoms with Gasteiger partial charge < -0.3 is 4.74 Å². The number of halogens is 2. The molecule has 0 atom stereocenters. The Morgan fingerprint density at radius 3 is 2.33 bits per heavy atom. The molecule has 4 heteroatoms. The molecule has 1 aromatic rings. The fourth-order valence-corrected chi connectivity index (χ4v) is 2.84. The summed E-state index contributed by atoms with van der Waals surface area (Å²) in [5, 5.41) is 0.648. The summed E-state index contributed by atoms with van der Waals surface area (Å²) in [6.07, 6.45) is 3.32. The van der Waals surface area contributed by atoms with Crippen molar-refractivity contribution in [1.82, 2.24) is 0 Å². The van der Waals surface area contributed by atoms with Crippen LogP contribution < -0.4 is 0 Å². The lowest BCUT2D eigenvalue weighted by Crippen LogP contribution is -2.03. The second-order valence-electron chi connectivity index (χ2n) is 5.76. The van der Waals surface area contributed by atoms with E-state index in [0.717, 1.165) is 27.8 Å². The average Bonchev–Trinajstić information content (AvgIpc) is 2.43. The zero-order valence-corrected chi connectivity index (χ0v) is 15.5. The molecule has 0 saturated carbocycles. The third-order valence-corrected chi connectivity index (χ3v) is 3.59. The Balaban J connectivity index is 3.14. The summed E-state index contributed by atoms with van der Waals surface area (Å²) in [7, 11) is 0. The Kier molecular flexibility index (Phi) is 7.93. The van der Waals surface area contributed by atoms with Gasteiger partial charge in [0.05, 0.1) is 13.0 Å². The van der Waals surface area contributed by atoms with Crippen molar-refractivity contribution >= 4 is 23.1 Å². The van der Waals surface area contributed by atoms with E-state index in [0.29, 0.717) is 11.6 Å². The number of benzene rings is 1. The van der Waals surface area contributed by atoms with Crippen LogP contribution in [0.25, 0.3) is 5.57 Å². The van der Waals surface area contributed by atoms with E-state index < -0.39 is 5.97 Å². The third kappa shape index (κ3) is 6.32. The Bertz CT molecular complexity index is 664. The van der Waals surface area contributed by atoms with Crippen LogP contribution in [0.3, 0.4) is 0 Å². The summed E-state index contributed by atoms with van der Waals surface area (Å²) >= 11 is 6.07. The molecule has 2 nitrogen and oxygen atoms in total. The van der Waals surface area contributed by atoms with E-state index in [9.17, 15) is 9.18 Å². The fraction of sp³-hybridized carbons (Fsp3) is 0.350. The molecule has 130 valence electrons. The number of esters is 1. The number of carbonyl (C=O) groups excluding carboxylic acids is 1. The minimum atomic E-state index is -0.398. The summed E-state index contributed by atoms with van der Waals surface area (Å²) < 4.78 is 19.1. The number of carbonyl (C=O) groups is 1. The second-order valence-corrected chi connectivity index (χ2v) is 6.19. The molecule has 0 unspecified atom stereocenters. The molecule has 0 saturated heterocycles. The van der Waals surface area contributed by atoms with Gasteiger partial charge in [-0.25, -0.2) is 4.39 Å². The molecule has 0 aliphatic carbocycles. The van der Waals surface area contributed by atoms with Crippen molar-refractivity contribution in [3.8, 4) is 0 Å². The first-order chi connectivity index (χ1) is 11.2. The van der Waals surface area contributed by atoms with E-state index in [2.05, 4.69) is 6.58 Å². The SMILES string of the molecule is C=C(C)/C=C(\C=C(/F)CCC(=O)OCC)c1c(C)cc(Cl)cc1C. The molecule has 1 aromatic carbocycles. The van der Waals surface area contributed by atoms with Gasteiger partial charge >= 0.3 is 5.97 Å². The number of rotatable bonds is 7. The highest BCUT2D eigenvalue weighted by atomic mass is 35.5. The minimum Gasteiger partial charge on any atom is -0.466 e. The van der Waals surface area contributed by atoms with Gasteiger partial charge in [-0.05, 0) is 68.2 Å². The molecule has 0 N–H and O–H groups in total. The summed E-state index contributed by atoms with van der Waals surface area (Å²) in [5.74, 6) is -0.769. The van der Waals surface area contributed by atoms with E-state index in [1.165, 1.54) is 6.08 Å². The number of hydrogen-bond donors (Lipinski definition) is 0. The normalized spacial score (nSPS) is 12.2. The molecule has 0 aromatic heterocycles. The van der Waals surface area contributed by atoms with Crippen molar-refractivity contribution < 1.29 is 13.9 Å². The first kappa shape index (κ1) is 20.2. The maximum Gasteiger partial charge on any atom is 0.306 e. The molecule has 0 amide bonds. The Morgan fingerprint density at radius 2 is 1.83 bits per heavy atom. The summed E-state index contributed by atoms with van der Waals surface area (Å²) in [4.78, 5) is 11.4. The van der Waals surface area contributed by atoms with Crippen LogP contribution in [0, 0.1) is 13.8 Å². The molecule has 0 bridgehead atoms. The maximum absolute atomic E-state index is 14.3. The van der Waals surface area contributed by atoms with Gasteiger partial charge in [-0.3, -0.25) is 4.79 Å². The maximum atomic E-state index is 14.3. The smallest absolute Gasteiger partial charge is 0.306 e. The van der Waals surface area contributed by atoms with E-state index in [4.69, 9.17) is 16.3 Å². The second kappa shape index (κ2) is 9.43. The van der Waals surface area contributed by atoms with Crippen LogP contribution in [-0.4, -0.2) is 12.6 Å². The number of aryl methyl sites for hydroxylation is 2. The van der Waals surface area contributed by atoms with Gasteiger partial charge in [0.25, 0.3) is 0 Å². The van der Waals surface area contributed by atoms with Crippen molar-refractivity contribution in [1.29, 1.82) is 0 Å². The Labute approximate surface area is 148 Å². The zero-order chi connectivity index (χ0) is 18.3. The highest BCUT2D eigenvalue weighted by molar-refractivity contribution is 6.30. The van der Waals surface area contributed by atoms with Crippen molar-refractivity contribution in [3.05, 3.63) is 64.0 Å². The molecule has 0 aliphatic heterocycles. The van der Waals surface area contributed by atoms with Crippen molar-refractivity contribution in [2.45, 2.75) is 40.5 Å². The molecular weight excluding hydrogens is 327 g/mol. The van der Waals surface area contributed by atoms with E-state index in [1.807, 2.05) is 39.0 Å². The number of allylic oxidation sites excluding steroid dienone is 5. The lowest BCUT2D eigenvalue weighted by molar-refractivity contribution is -0.143. The van der Waals surface area contributed by atoms with Gasteiger partial charge in [0, 0.05) is 11.4 Å². The molecule has 0 fully saturated rings. The van der Waals surface area contributed by atoms with Crippen molar-refractivity contribution in [2.75, 3.05) is 6.61 Å². The van der Waals surface area contributed by atoms with Crippen molar-refractivity contribution in [3.63, 3.8) is 0 Å². The monoisotopic (exact) mass is 350 g/mol. The van der Waals surface area contributed by atoms with Crippen LogP contribution in [-0.2, 0) is 9.53 Å². The number of hydrogen-bond acceptors (Lipinski definition) is 2. The predicted octanol–water partition coefficient (Wildman–Crippen LogP) is 6.11. The predicted molar refractivity (Wildman–Crippen MR) is 98.8 cm³/mol. The fourth-order valence-electron chi connectivity index (χ4n) is 2.51. The van der Waals surface area contributed by atoms with Crippen LogP contribution in [0.15, 0.2) is 42.3 Å². The lowest BCUT2D eigenvalue weighted by atomic mass is 9.93. The van der Waals surface area contributed by atoms with Crippen molar-refractivity contribution in [2.24, 2.45) is 0 Å². The highest BCUT2D eigenvalue weighted by Gasteiger charge is 2.11. The van der Waals surface area contributed by atoms with Gasteiger partial charge in [0.2, 0.25) is 0 Å². The summed E-state index contributed by atoms with van der Waals surface area (Å²) in [5.41, 5.74) is 4.38. The largest absolute Gasteiger partial charge is 0.466 e. The molecule has 24 heavy (non-hydrogen) atoms. The van der Waals surface area contributed by atoms with Crippen LogP contribution in [0.2, 0.25) is 5.02 Å². The first-order valence-corrected chi connectivity index (χ1v) is 8.28. The van der Waals surface area contributed by atoms with Gasteiger partial charge in [-0.1, -0.05) is 29.8 Å². The molecule has 0 spiro atoms. The molecule has 0 radical (unpaired) electrons. The Hall–Kier alpha value is -1.87. The van der Waals surface area contributed by atoms with Gasteiger partial charge in [0.1, 0.15) is 5.83 Å². The zero-order valence-electron chi connectivity index (χ0n) is 14.7. The van der Waals surface area contributed by atoms with Gasteiger partial charge in [-0.2, -0.15) is 0 Å². The summed E-state index contributed by atoms with van der Waals surface area (Å²) in [6.45, 7) is 11.6. The lowest BCUT2D eigenvalue weighted by Gasteiger charge is -2.13. The highest BCUT2D eigenvalue weighted by Crippen LogP contribution is 2.30. The van der Waals surface area contributed by atoms with Gasteiger partial charge in [-0.15, -0.1) is 0 Å². The Morgan fingerprint density at radius 1 is 1.25 bits per heavy atom.